The molecule has 2 amide bonds. The lowest BCUT2D eigenvalue weighted by atomic mass is 10.1. The number of para-hydroxylation sites is 1. The normalized spacial score (nSPS) is 11.1. The zero-order valence-electron chi connectivity index (χ0n) is 17.6. The molecule has 0 radical (unpaired) electrons. The Morgan fingerprint density at radius 3 is 2.39 bits per heavy atom. The second kappa shape index (κ2) is 8.92. The smallest absolute Gasteiger partial charge is 0.291 e. The molecule has 0 aliphatic rings. The Morgan fingerprint density at radius 1 is 0.903 bits per heavy atom. The van der Waals surface area contributed by atoms with E-state index in [1.165, 1.54) is 6.26 Å². The number of amides is 2. The van der Waals surface area contributed by atoms with E-state index in [1.54, 1.807) is 12.1 Å². The van der Waals surface area contributed by atoms with Crippen molar-refractivity contribution in [2.75, 3.05) is 10.6 Å². The number of aromatic nitrogens is 1. The van der Waals surface area contributed by atoms with Crippen molar-refractivity contribution < 1.29 is 14.0 Å². The number of rotatable bonds is 7. The molecule has 2 N–H and O–H groups in total. The number of carbonyl (C=O) groups excluding carboxylic acids is 2. The van der Waals surface area contributed by atoms with Crippen molar-refractivity contribution in [1.82, 2.24) is 4.57 Å². The van der Waals surface area contributed by atoms with Crippen LogP contribution in [-0.2, 0) is 6.54 Å². The predicted octanol–water partition coefficient (Wildman–Crippen LogP) is 5.79. The van der Waals surface area contributed by atoms with Crippen molar-refractivity contribution in [2.45, 2.75) is 26.8 Å². The minimum absolute atomic E-state index is 0.160. The zero-order chi connectivity index (χ0) is 21.8. The van der Waals surface area contributed by atoms with Gasteiger partial charge in [-0.05, 0) is 60.9 Å². The Kier molecular flexibility index (Phi) is 5.89. The average Bonchev–Trinajstić information content (AvgIpc) is 3.41. The highest BCUT2D eigenvalue weighted by atomic mass is 16.3. The summed E-state index contributed by atoms with van der Waals surface area (Å²) in [6.07, 6.45) is 2.41. The molecule has 0 saturated heterocycles. The molecule has 4 aromatic rings. The molecule has 4 rings (SSSR count). The summed E-state index contributed by atoms with van der Waals surface area (Å²) in [5, 5.41) is 6.70. The van der Waals surface area contributed by atoms with E-state index in [9.17, 15) is 9.59 Å². The van der Waals surface area contributed by atoms with E-state index in [0.29, 0.717) is 17.3 Å². The summed E-state index contributed by atoms with van der Waals surface area (Å²) >= 11 is 0. The van der Waals surface area contributed by atoms with Crippen molar-refractivity contribution in [3.63, 3.8) is 0 Å². The van der Waals surface area contributed by atoms with Gasteiger partial charge in [0.15, 0.2) is 5.76 Å². The van der Waals surface area contributed by atoms with Crippen LogP contribution in [0.4, 0.5) is 11.4 Å². The summed E-state index contributed by atoms with van der Waals surface area (Å²) in [6.45, 7) is 5.06. The van der Waals surface area contributed by atoms with Gasteiger partial charge in [0.25, 0.3) is 11.8 Å². The Balaban J connectivity index is 1.65. The maximum Gasteiger partial charge on any atom is 0.291 e. The maximum absolute atomic E-state index is 13.1. The van der Waals surface area contributed by atoms with Gasteiger partial charge in [-0.3, -0.25) is 9.59 Å². The van der Waals surface area contributed by atoms with Crippen LogP contribution in [0, 0.1) is 5.92 Å². The lowest BCUT2D eigenvalue weighted by Gasteiger charge is -2.13. The number of nitrogens with one attached hydrogen (secondary N) is 2. The summed E-state index contributed by atoms with van der Waals surface area (Å²) in [5.41, 5.74) is 2.94. The first-order chi connectivity index (χ1) is 15.0. The zero-order valence-corrected chi connectivity index (χ0v) is 17.6. The summed E-state index contributed by atoms with van der Waals surface area (Å²) < 4.78 is 7.20. The molecule has 0 aliphatic heterocycles. The molecule has 0 fully saturated rings. The second-order valence-corrected chi connectivity index (χ2v) is 7.89. The van der Waals surface area contributed by atoms with Gasteiger partial charge in [0.1, 0.15) is 5.69 Å². The molecule has 0 unspecified atom stereocenters. The standard InChI is InChI=1S/C25H25N3O3/c1-17(2)12-13-28-21-11-10-20(27-25(30)23-9-6-14-31-23)15-18(21)16-22(28)24(29)26-19-7-4-3-5-8-19/h3-11,14-17H,12-13H2,1-2H3,(H,26,29)(H,27,30). The van der Waals surface area contributed by atoms with Gasteiger partial charge < -0.3 is 19.6 Å². The number of nitrogens with zero attached hydrogens (tertiary/aromatic N) is 1. The minimum atomic E-state index is -0.314. The van der Waals surface area contributed by atoms with Gasteiger partial charge >= 0.3 is 0 Å². The van der Waals surface area contributed by atoms with Crippen LogP contribution < -0.4 is 10.6 Å². The van der Waals surface area contributed by atoms with Crippen LogP contribution in [0.5, 0.6) is 0 Å². The van der Waals surface area contributed by atoms with Gasteiger partial charge in [-0.2, -0.15) is 0 Å². The molecule has 0 spiro atoms. The fourth-order valence-electron chi connectivity index (χ4n) is 3.48. The first-order valence-corrected chi connectivity index (χ1v) is 10.4. The van der Waals surface area contributed by atoms with Crippen LogP contribution in [0.1, 0.15) is 41.3 Å². The van der Waals surface area contributed by atoms with E-state index in [4.69, 9.17) is 4.42 Å². The molecule has 2 aromatic carbocycles. The Bertz CT molecular complexity index is 1190. The number of furan rings is 1. The van der Waals surface area contributed by atoms with Gasteiger partial charge in [0.2, 0.25) is 0 Å². The number of fused-ring (bicyclic) bond motifs is 1. The fourth-order valence-corrected chi connectivity index (χ4v) is 3.48. The highest BCUT2D eigenvalue weighted by Crippen LogP contribution is 2.26. The Morgan fingerprint density at radius 2 is 1.68 bits per heavy atom. The van der Waals surface area contributed by atoms with Crippen LogP contribution >= 0.6 is 0 Å². The SMILES string of the molecule is CC(C)CCn1c(C(=O)Nc2ccccc2)cc2cc(NC(=O)c3ccco3)ccc21. The van der Waals surface area contributed by atoms with E-state index >= 15 is 0 Å². The molecule has 2 heterocycles. The first kappa shape index (κ1) is 20.5. The second-order valence-electron chi connectivity index (χ2n) is 7.89. The fraction of sp³-hybridized carbons (Fsp3) is 0.200. The van der Waals surface area contributed by atoms with Crippen molar-refractivity contribution in [3.8, 4) is 0 Å². The summed E-state index contributed by atoms with van der Waals surface area (Å²) in [6, 6.07) is 20.2. The van der Waals surface area contributed by atoms with E-state index in [1.807, 2.05) is 59.2 Å². The largest absolute Gasteiger partial charge is 0.459 e. The molecular weight excluding hydrogens is 390 g/mol. The number of benzene rings is 2. The monoisotopic (exact) mass is 415 g/mol. The maximum atomic E-state index is 13.1. The van der Waals surface area contributed by atoms with Crippen LogP contribution in [0.3, 0.4) is 0 Å². The van der Waals surface area contributed by atoms with Gasteiger partial charge in [-0.25, -0.2) is 0 Å². The van der Waals surface area contributed by atoms with Crippen molar-refractivity contribution >= 4 is 34.1 Å². The number of aryl methyl sites for hydroxylation is 1. The number of hydrogen-bond donors (Lipinski definition) is 2. The molecule has 2 aromatic heterocycles. The molecule has 0 atom stereocenters. The highest BCUT2D eigenvalue weighted by Gasteiger charge is 2.17. The Hall–Kier alpha value is -3.80. The van der Waals surface area contributed by atoms with E-state index in [2.05, 4.69) is 24.5 Å². The molecule has 6 nitrogen and oxygen atoms in total. The molecule has 0 bridgehead atoms. The quantitative estimate of drug-likeness (QED) is 0.401. The first-order valence-electron chi connectivity index (χ1n) is 10.4. The van der Waals surface area contributed by atoms with Crippen molar-refractivity contribution in [3.05, 3.63) is 84.4 Å². The van der Waals surface area contributed by atoms with E-state index in [0.717, 1.165) is 29.6 Å². The average molecular weight is 415 g/mol. The van der Waals surface area contributed by atoms with Gasteiger partial charge in [0.05, 0.1) is 6.26 Å². The molecule has 0 saturated carbocycles. The molecule has 158 valence electrons. The lowest BCUT2D eigenvalue weighted by molar-refractivity contribution is 0.0994. The van der Waals surface area contributed by atoms with Crippen LogP contribution in [0.2, 0.25) is 0 Å². The van der Waals surface area contributed by atoms with E-state index in [-0.39, 0.29) is 17.6 Å². The number of anilines is 2. The third kappa shape index (κ3) is 4.69. The summed E-state index contributed by atoms with van der Waals surface area (Å²) in [4.78, 5) is 25.4. The predicted molar refractivity (Wildman–Crippen MR) is 122 cm³/mol. The lowest BCUT2D eigenvalue weighted by Crippen LogP contribution is -2.17. The highest BCUT2D eigenvalue weighted by molar-refractivity contribution is 6.07. The van der Waals surface area contributed by atoms with Crippen LogP contribution in [0.15, 0.2) is 77.4 Å². The molecule has 0 aliphatic carbocycles. The summed E-state index contributed by atoms with van der Waals surface area (Å²) in [5.74, 6) is 0.282. The Labute approximate surface area is 180 Å². The van der Waals surface area contributed by atoms with Gasteiger partial charge in [-0.1, -0.05) is 32.0 Å². The molecule has 31 heavy (non-hydrogen) atoms. The van der Waals surface area contributed by atoms with Crippen molar-refractivity contribution in [1.29, 1.82) is 0 Å². The third-order valence-electron chi connectivity index (χ3n) is 5.10. The summed E-state index contributed by atoms with van der Waals surface area (Å²) in [7, 11) is 0. The van der Waals surface area contributed by atoms with E-state index < -0.39 is 0 Å². The number of carbonyl (C=O) groups is 2. The van der Waals surface area contributed by atoms with Crippen LogP contribution in [-0.4, -0.2) is 16.4 Å². The third-order valence-corrected chi connectivity index (χ3v) is 5.10. The topological polar surface area (TPSA) is 76.3 Å². The van der Waals surface area contributed by atoms with Gasteiger partial charge in [0, 0.05) is 28.8 Å². The minimum Gasteiger partial charge on any atom is -0.459 e. The van der Waals surface area contributed by atoms with Crippen molar-refractivity contribution in [2.24, 2.45) is 5.92 Å². The van der Waals surface area contributed by atoms with Gasteiger partial charge in [-0.15, -0.1) is 0 Å². The number of hydrogen-bond acceptors (Lipinski definition) is 3. The molecular formula is C25H25N3O3. The van der Waals surface area contributed by atoms with Crippen LogP contribution in [0.25, 0.3) is 10.9 Å². The molecule has 6 heteroatoms.